The minimum absolute atomic E-state index is 0.219. The highest BCUT2D eigenvalue weighted by atomic mass is 16.5. The maximum Gasteiger partial charge on any atom is 0.229 e. The molecule has 2 aliphatic carbocycles. The molecule has 2 saturated carbocycles. The Bertz CT molecular complexity index is 402. The van der Waals surface area contributed by atoms with Gasteiger partial charge in [-0.15, -0.1) is 0 Å². The summed E-state index contributed by atoms with van der Waals surface area (Å²) in [4.78, 5) is 4.48. The van der Waals surface area contributed by atoms with Crippen LogP contribution in [-0.4, -0.2) is 23.4 Å². The first-order chi connectivity index (χ1) is 8.21. The van der Waals surface area contributed by atoms with Gasteiger partial charge < -0.3 is 15.0 Å². The number of methoxy groups -OCH3 is 1. The Kier molecular flexibility index (Phi) is 2.67. The first-order valence-electron chi connectivity index (χ1n) is 6.37. The Labute approximate surface area is 101 Å². The number of nitrogens with zero attached hydrogens (tertiary/aromatic N) is 2. The minimum Gasteiger partial charge on any atom is -0.381 e. The second-order valence-electron chi connectivity index (χ2n) is 5.34. The molecule has 0 amide bonds. The third-order valence-electron chi connectivity index (χ3n) is 3.89. The lowest BCUT2D eigenvalue weighted by Gasteiger charge is -2.34. The van der Waals surface area contributed by atoms with E-state index in [1.165, 1.54) is 12.8 Å². The maximum atomic E-state index is 6.42. The third kappa shape index (κ3) is 2.09. The summed E-state index contributed by atoms with van der Waals surface area (Å²) in [7, 11) is 1.74. The van der Waals surface area contributed by atoms with E-state index in [9.17, 15) is 0 Å². The van der Waals surface area contributed by atoms with Crippen molar-refractivity contribution in [2.75, 3.05) is 7.11 Å². The SMILES string of the molecule is COC1CCCC(N)(c2noc(C3CC3)n2)C1. The van der Waals surface area contributed by atoms with E-state index in [2.05, 4.69) is 10.1 Å². The van der Waals surface area contributed by atoms with Gasteiger partial charge in [-0.25, -0.2) is 0 Å². The number of aromatic nitrogens is 2. The summed E-state index contributed by atoms with van der Waals surface area (Å²) in [6.07, 6.45) is 6.38. The molecule has 1 aromatic rings. The van der Waals surface area contributed by atoms with Crippen molar-refractivity contribution in [3.05, 3.63) is 11.7 Å². The zero-order valence-electron chi connectivity index (χ0n) is 10.2. The van der Waals surface area contributed by atoms with Crippen LogP contribution in [0.25, 0.3) is 0 Å². The fourth-order valence-electron chi connectivity index (χ4n) is 2.59. The van der Waals surface area contributed by atoms with E-state index in [0.29, 0.717) is 11.7 Å². The largest absolute Gasteiger partial charge is 0.381 e. The van der Waals surface area contributed by atoms with Gasteiger partial charge in [-0.2, -0.15) is 4.98 Å². The fraction of sp³-hybridized carbons (Fsp3) is 0.833. The highest BCUT2D eigenvalue weighted by Crippen LogP contribution is 2.41. The third-order valence-corrected chi connectivity index (χ3v) is 3.89. The molecule has 2 aliphatic rings. The molecule has 0 aromatic carbocycles. The van der Waals surface area contributed by atoms with E-state index < -0.39 is 5.54 Å². The van der Waals surface area contributed by atoms with Crippen LogP contribution in [0.1, 0.15) is 56.2 Å². The van der Waals surface area contributed by atoms with E-state index in [1.54, 1.807) is 7.11 Å². The number of nitrogens with two attached hydrogens (primary N) is 1. The van der Waals surface area contributed by atoms with Crippen LogP contribution in [0.3, 0.4) is 0 Å². The highest BCUT2D eigenvalue weighted by Gasteiger charge is 2.40. The molecular weight excluding hydrogens is 218 g/mol. The van der Waals surface area contributed by atoms with Gasteiger partial charge in [-0.1, -0.05) is 5.16 Å². The van der Waals surface area contributed by atoms with Crippen molar-refractivity contribution in [3.8, 4) is 0 Å². The number of hydrogen-bond donors (Lipinski definition) is 1. The van der Waals surface area contributed by atoms with Gasteiger partial charge in [0.1, 0.15) is 0 Å². The molecule has 0 spiro atoms. The minimum atomic E-state index is -0.463. The lowest BCUT2D eigenvalue weighted by atomic mass is 9.80. The molecule has 1 aromatic heterocycles. The zero-order chi connectivity index (χ0) is 11.9. The van der Waals surface area contributed by atoms with Gasteiger partial charge in [0.05, 0.1) is 11.6 Å². The summed E-state index contributed by atoms with van der Waals surface area (Å²) in [6.45, 7) is 0. The molecule has 3 rings (SSSR count). The molecule has 0 radical (unpaired) electrons. The lowest BCUT2D eigenvalue weighted by Crippen LogP contribution is -2.44. The normalized spacial score (nSPS) is 33.9. The Morgan fingerprint density at radius 2 is 2.24 bits per heavy atom. The topological polar surface area (TPSA) is 74.2 Å². The van der Waals surface area contributed by atoms with Crippen LogP contribution in [0, 0.1) is 0 Å². The van der Waals surface area contributed by atoms with Gasteiger partial charge in [0.25, 0.3) is 0 Å². The van der Waals surface area contributed by atoms with Gasteiger partial charge >= 0.3 is 0 Å². The molecule has 1 heterocycles. The van der Waals surface area contributed by atoms with E-state index >= 15 is 0 Å². The average Bonchev–Trinajstić information content (AvgIpc) is 3.06. The van der Waals surface area contributed by atoms with Crippen LogP contribution in [0.5, 0.6) is 0 Å². The molecule has 2 N–H and O–H groups in total. The van der Waals surface area contributed by atoms with E-state index in [4.69, 9.17) is 15.0 Å². The summed E-state index contributed by atoms with van der Waals surface area (Å²) in [5.41, 5.74) is 5.95. The molecule has 5 heteroatoms. The van der Waals surface area contributed by atoms with Crippen LogP contribution in [0.15, 0.2) is 4.52 Å². The number of ether oxygens (including phenoxy) is 1. The average molecular weight is 237 g/mol. The van der Waals surface area contributed by atoms with Crippen LogP contribution in [0.4, 0.5) is 0 Å². The molecule has 17 heavy (non-hydrogen) atoms. The van der Waals surface area contributed by atoms with Gasteiger partial charge in [0, 0.05) is 13.0 Å². The maximum absolute atomic E-state index is 6.42. The van der Waals surface area contributed by atoms with E-state index in [0.717, 1.165) is 31.6 Å². The summed E-state index contributed by atoms with van der Waals surface area (Å²) in [5.74, 6) is 1.92. The van der Waals surface area contributed by atoms with Gasteiger partial charge in [-0.3, -0.25) is 0 Å². The first-order valence-corrected chi connectivity index (χ1v) is 6.37. The molecule has 0 bridgehead atoms. The van der Waals surface area contributed by atoms with E-state index in [-0.39, 0.29) is 6.10 Å². The molecular formula is C12H19N3O2. The number of hydrogen-bond acceptors (Lipinski definition) is 5. The zero-order valence-corrected chi connectivity index (χ0v) is 10.2. The van der Waals surface area contributed by atoms with Gasteiger partial charge in [0.15, 0.2) is 5.82 Å². The Hall–Kier alpha value is -0.940. The molecule has 2 atom stereocenters. The summed E-state index contributed by atoms with van der Waals surface area (Å²) < 4.78 is 10.7. The van der Waals surface area contributed by atoms with Crippen LogP contribution < -0.4 is 5.73 Å². The predicted molar refractivity (Wildman–Crippen MR) is 61.4 cm³/mol. The second-order valence-corrected chi connectivity index (χ2v) is 5.34. The standard InChI is InChI=1S/C12H19N3O2/c1-16-9-3-2-6-12(13,7-9)11-14-10(17-15-11)8-4-5-8/h8-9H,2-7,13H2,1H3. The fourth-order valence-corrected chi connectivity index (χ4v) is 2.59. The quantitative estimate of drug-likeness (QED) is 0.865. The monoisotopic (exact) mass is 237 g/mol. The number of rotatable bonds is 3. The highest BCUT2D eigenvalue weighted by molar-refractivity contribution is 5.10. The Morgan fingerprint density at radius 1 is 1.41 bits per heavy atom. The molecule has 0 saturated heterocycles. The summed E-state index contributed by atoms with van der Waals surface area (Å²) in [5, 5.41) is 4.07. The molecule has 2 unspecified atom stereocenters. The summed E-state index contributed by atoms with van der Waals surface area (Å²) >= 11 is 0. The molecule has 5 nitrogen and oxygen atoms in total. The van der Waals surface area contributed by atoms with E-state index in [1.807, 2.05) is 0 Å². The molecule has 94 valence electrons. The van der Waals surface area contributed by atoms with Crippen molar-refractivity contribution in [2.24, 2.45) is 5.73 Å². The predicted octanol–water partition coefficient (Wildman–Crippen LogP) is 1.69. The van der Waals surface area contributed by atoms with Crippen molar-refractivity contribution in [1.82, 2.24) is 10.1 Å². The van der Waals surface area contributed by atoms with Crippen molar-refractivity contribution in [3.63, 3.8) is 0 Å². The van der Waals surface area contributed by atoms with Gasteiger partial charge in [-0.05, 0) is 38.5 Å². The Morgan fingerprint density at radius 3 is 2.94 bits per heavy atom. The smallest absolute Gasteiger partial charge is 0.229 e. The van der Waals surface area contributed by atoms with Crippen LogP contribution in [-0.2, 0) is 10.3 Å². The van der Waals surface area contributed by atoms with Gasteiger partial charge in [0.2, 0.25) is 5.89 Å². The van der Waals surface area contributed by atoms with Crippen LogP contribution >= 0.6 is 0 Å². The van der Waals surface area contributed by atoms with Crippen LogP contribution in [0.2, 0.25) is 0 Å². The lowest BCUT2D eigenvalue weighted by molar-refractivity contribution is 0.0379. The van der Waals surface area contributed by atoms with Crippen molar-refractivity contribution in [1.29, 1.82) is 0 Å². The molecule has 2 fully saturated rings. The summed E-state index contributed by atoms with van der Waals surface area (Å²) in [6, 6.07) is 0. The van der Waals surface area contributed by atoms with Crippen molar-refractivity contribution < 1.29 is 9.26 Å². The molecule has 0 aliphatic heterocycles. The first kappa shape index (κ1) is 11.2. The second kappa shape index (κ2) is 4.07. The van der Waals surface area contributed by atoms with Crippen molar-refractivity contribution >= 4 is 0 Å². The Balaban J connectivity index is 1.79. The van der Waals surface area contributed by atoms with Crippen molar-refractivity contribution in [2.45, 2.75) is 56.1 Å².